The van der Waals surface area contributed by atoms with Crippen LogP contribution in [0.15, 0.2) is 53.0 Å². The summed E-state index contributed by atoms with van der Waals surface area (Å²) < 4.78 is 5.89. The van der Waals surface area contributed by atoms with E-state index in [1.807, 2.05) is 6.07 Å². The number of hydrogen-bond acceptors (Lipinski definition) is 3. The highest BCUT2D eigenvalue weighted by Gasteiger charge is 2.25. The zero-order valence-corrected chi connectivity index (χ0v) is 12.5. The first kappa shape index (κ1) is 14.5. The predicted molar refractivity (Wildman–Crippen MR) is 80.3 cm³/mol. The molecule has 0 aliphatic rings. The first-order valence-electron chi connectivity index (χ1n) is 6.06. The van der Waals surface area contributed by atoms with Gasteiger partial charge in [0.05, 0.1) is 7.11 Å². The molecule has 0 fully saturated rings. The van der Waals surface area contributed by atoms with Crippen LogP contribution in [0.25, 0.3) is 0 Å². The monoisotopic (exact) mass is 332 g/mol. The molecule has 0 amide bonds. The van der Waals surface area contributed by atoms with Crippen LogP contribution in [0.1, 0.15) is 21.8 Å². The van der Waals surface area contributed by atoms with Gasteiger partial charge >= 0.3 is 0 Å². The second-order valence-corrected chi connectivity index (χ2v) is 5.05. The van der Waals surface area contributed by atoms with E-state index in [9.17, 15) is 9.59 Å². The lowest BCUT2D eigenvalue weighted by molar-refractivity contribution is -0.108. The van der Waals surface area contributed by atoms with Gasteiger partial charge in [-0.2, -0.15) is 0 Å². The minimum Gasteiger partial charge on any atom is -0.496 e. The summed E-state index contributed by atoms with van der Waals surface area (Å²) in [5.41, 5.74) is 1.06. The van der Waals surface area contributed by atoms with E-state index in [2.05, 4.69) is 15.9 Å². The van der Waals surface area contributed by atoms with Gasteiger partial charge in [0, 0.05) is 15.6 Å². The number of ether oxygens (including phenoxy) is 1. The fourth-order valence-corrected chi connectivity index (χ4v) is 2.51. The number of hydrogen-bond donors (Lipinski definition) is 0. The fourth-order valence-electron chi connectivity index (χ4n) is 2.03. The maximum atomic E-state index is 12.5. The fraction of sp³-hybridized carbons (Fsp3) is 0.125. The van der Waals surface area contributed by atoms with Crippen molar-refractivity contribution in [3.8, 4) is 5.75 Å². The number of aldehydes is 1. The van der Waals surface area contributed by atoms with Gasteiger partial charge in [0.1, 0.15) is 18.0 Å². The highest BCUT2D eigenvalue weighted by molar-refractivity contribution is 9.10. The number of ketones is 1. The molecule has 2 aromatic rings. The van der Waals surface area contributed by atoms with Crippen LogP contribution in [-0.4, -0.2) is 19.2 Å². The van der Waals surface area contributed by atoms with Gasteiger partial charge in [-0.25, -0.2) is 0 Å². The molecule has 0 N–H and O–H groups in total. The van der Waals surface area contributed by atoms with Crippen molar-refractivity contribution in [3.05, 3.63) is 64.1 Å². The molecule has 1 unspecified atom stereocenters. The van der Waals surface area contributed by atoms with Crippen molar-refractivity contribution in [3.63, 3.8) is 0 Å². The van der Waals surface area contributed by atoms with Crippen LogP contribution >= 0.6 is 15.9 Å². The van der Waals surface area contributed by atoms with Crippen LogP contribution in [-0.2, 0) is 4.79 Å². The standard InChI is InChI=1S/C16H13BrO3/c1-20-15-9-5-3-6-11(15)13(10-18)16(19)12-7-2-4-8-14(12)17/h2-10,13H,1H3. The highest BCUT2D eigenvalue weighted by Crippen LogP contribution is 2.29. The predicted octanol–water partition coefficient (Wildman–Crippen LogP) is 3.62. The Kier molecular flexibility index (Phi) is 4.69. The van der Waals surface area contributed by atoms with E-state index in [1.54, 1.807) is 42.5 Å². The number of para-hydroxylation sites is 1. The summed E-state index contributed by atoms with van der Waals surface area (Å²) in [4.78, 5) is 24.0. The molecule has 0 aliphatic carbocycles. The minimum absolute atomic E-state index is 0.253. The maximum Gasteiger partial charge on any atom is 0.178 e. The third-order valence-corrected chi connectivity index (χ3v) is 3.72. The second-order valence-electron chi connectivity index (χ2n) is 4.20. The zero-order valence-electron chi connectivity index (χ0n) is 10.9. The summed E-state index contributed by atoms with van der Waals surface area (Å²) in [6, 6.07) is 14.1. The Hall–Kier alpha value is -1.94. The van der Waals surface area contributed by atoms with E-state index < -0.39 is 5.92 Å². The third-order valence-electron chi connectivity index (χ3n) is 3.03. The van der Waals surface area contributed by atoms with Crippen LogP contribution in [0.2, 0.25) is 0 Å². The molecule has 0 bridgehead atoms. The minimum atomic E-state index is -0.871. The Balaban J connectivity index is 2.45. The van der Waals surface area contributed by atoms with Crippen molar-refractivity contribution in [2.45, 2.75) is 5.92 Å². The summed E-state index contributed by atoms with van der Waals surface area (Å²) in [6.07, 6.45) is 0.652. The summed E-state index contributed by atoms with van der Waals surface area (Å²) in [7, 11) is 1.52. The molecule has 0 aliphatic heterocycles. The Labute approximate surface area is 125 Å². The second kappa shape index (κ2) is 6.48. The molecule has 0 saturated carbocycles. The normalized spacial score (nSPS) is 11.7. The molecule has 0 aromatic heterocycles. The molecule has 0 radical (unpaired) electrons. The Morgan fingerprint density at radius 2 is 1.80 bits per heavy atom. The van der Waals surface area contributed by atoms with Crippen LogP contribution in [0.3, 0.4) is 0 Å². The average Bonchev–Trinajstić information content (AvgIpc) is 2.49. The largest absolute Gasteiger partial charge is 0.496 e. The number of carbonyl (C=O) groups excluding carboxylic acids is 2. The number of Topliss-reactive ketones (excluding diaryl/α,β-unsaturated/α-hetero) is 1. The van der Waals surface area contributed by atoms with Crippen molar-refractivity contribution < 1.29 is 14.3 Å². The average molecular weight is 333 g/mol. The van der Waals surface area contributed by atoms with Crippen molar-refractivity contribution in [1.82, 2.24) is 0 Å². The van der Waals surface area contributed by atoms with E-state index >= 15 is 0 Å². The Bertz CT molecular complexity index is 637. The zero-order chi connectivity index (χ0) is 14.5. The van der Waals surface area contributed by atoms with E-state index in [-0.39, 0.29) is 5.78 Å². The van der Waals surface area contributed by atoms with Crippen LogP contribution in [0, 0.1) is 0 Å². The van der Waals surface area contributed by atoms with Gasteiger partial charge in [-0.05, 0) is 12.1 Å². The van der Waals surface area contributed by atoms with Crippen molar-refractivity contribution in [2.75, 3.05) is 7.11 Å². The third kappa shape index (κ3) is 2.80. The van der Waals surface area contributed by atoms with Crippen molar-refractivity contribution >= 4 is 28.0 Å². The smallest absolute Gasteiger partial charge is 0.178 e. The highest BCUT2D eigenvalue weighted by atomic mass is 79.9. The van der Waals surface area contributed by atoms with Gasteiger partial charge < -0.3 is 9.53 Å². The van der Waals surface area contributed by atoms with E-state index in [0.29, 0.717) is 27.6 Å². The number of benzene rings is 2. The number of carbonyl (C=O) groups is 2. The van der Waals surface area contributed by atoms with E-state index in [4.69, 9.17) is 4.74 Å². The van der Waals surface area contributed by atoms with Gasteiger partial charge in [0.2, 0.25) is 0 Å². The van der Waals surface area contributed by atoms with Gasteiger partial charge in [-0.1, -0.05) is 52.3 Å². The maximum absolute atomic E-state index is 12.5. The van der Waals surface area contributed by atoms with Crippen LogP contribution < -0.4 is 4.74 Å². The van der Waals surface area contributed by atoms with Crippen LogP contribution in [0.5, 0.6) is 5.75 Å². The summed E-state index contributed by atoms with van der Waals surface area (Å²) in [5, 5.41) is 0. The quantitative estimate of drug-likeness (QED) is 0.477. The van der Waals surface area contributed by atoms with E-state index in [1.165, 1.54) is 7.11 Å². The van der Waals surface area contributed by atoms with Gasteiger partial charge in [-0.15, -0.1) is 0 Å². The Morgan fingerprint density at radius 1 is 1.15 bits per heavy atom. The molecular formula is C16H13BrO3. The molecule has 0 saturated heterocycles. The molecule has 1 atom stereocenters. The molecule has 2 rings (SSSR count). The summed E-state index contributed by atoms with van der Waals surface area (Å²) >= 11 is 3.33. The summed E-state index contributed by atoms with van der Waals surface area (Å²) in [5.74, 6) is -0.591. The van der Waals surface area contributed by atoms with E-state index in [0.717, 1.165) is 0 Å². The lowest BCUT2D eigenvalue weighted by Gasteiger charge is -2.14. The van der Waals surface area contributed by atoms with Crippen LogP contribution in [0.4, 0.5) is 0 Å². The molecule has 3 nitrogen and oxygen atoms in total. The summed E-state index contributed by atoms with van der Waals surface area (Å²) in [6.45, 7) is 0. The van der Waals surface area contributed by atoms with Crippen molar-refractivity contribution in [1.29, 1.82) is 0 Å². The molecule has 2 aromatic carbocycles. The van der Waals surface area contributed by atoms with Gasteiger partial charge in [0.15, 0.2) is 5.78 Å². The van der Waals surface area contributed by atoms with Crippen molar-refractivity contribution in [2.24, 2.45) is 0 Å². The molecule has 4 heteroatoms. The molecule has 0 spiro atoms. The van der Waals surface area contributed by atoms with Gasteiger partial charge in [0.25, 0.3) is 0 Å². The molecule has 102 valence electrons. The van der Waals surface area contributed by atoms with Gasteiger partial charge in [-0.3, -0.25) is 4.79 Å². The molecule has 0 heterocycles. The lowest BCUT2D eigenvalue weighted by Crippen LogP contribution is -2.15. The molecule has 20 heavy (non-hydrogen) atoms. The Morgan fingerprint density at radius 3 is 2.45 bits per heavy atom. The number of rotatable bonds is 5. The lowest BCUT2D eigenvalue weighted by atomic mass is 9.91. The molecular weight excluding hydrogens is 320 g/mol. The first-order chi connectivity index (χ1) is 9.69. The number of halogens is 1. The number of methoxy groups -OCH3 is 1. The topological polar surface area (TPSA) is 43.4 Å². The first-order valence-corrected chi connectivity index (χ1v) is 6.85. The SMILES string of the molecule is COc1ccccc1C(C=O)C(=O)c1ccccc1Br.